The Bertz CT molecular complexity index is 895. The van der Waals surface area contributed by atoms with Crippen LogP contribution in [-0.4, -0.2) is 27.4 Å². The maximum Gasteiger partial charge on any atom is 0.261 e. The highest BCUT2D eigenvalue weighted by atomic mass is 19.1. The van der Waals surface area contributed by atoms with E-state index in [2.05, 4.69) is 4.98 Å². The van der Waals surface area contributed by atoms with Gasteiger partial charge in [0.2, 0.25) is 0 Å². The number of hydrogen-bond donors (Lipinski definition) is 1. The molecule has 1 N–H and O–H groups in total. The van der Waals surface area contributed by atoms with Gasteiger partial charge in [-0.1, -0.05) is 30.3 Å². The van der Waals surface area contributed by atoms with Gasteiger partial charge in [-0.3, -0.25) is 9.36 Å². The molecular formula is C18H17FN2O3. The zero-order valence-electron chi connectivity index (χ0n) is 12.9. The molecule has 1 aromatic heterocycles. The smallest absolute Gasteiger partial charge is 0.261 e. The summed E-state index contributed by atoms with van der Waals surface area (Å²) in [6.45, 7) is 0.121. The normalized spacial score (nSPS) is 12.4. The van der Waals surface area contributed by atoms with E-state index in [1.54, 1.807) is 36.4 Å². The minimum atomic E-state index is -0.891. The first kappa shape index (κ1) is 16.3. The maximum atomic E-state index is 13.5. The lowest BCUT2D eigenvalue weighted by molar-refractivity contribution is 0.0189. The number of aliphatic hydroxyl groups excluding tert-OH is 1. The molecule has 0 saturated carbocycles. The molecule has 0 aliphatic rings. The molecule has 1 unspecified atom stereocenters. The van der Waals surface area contributed by atoms with E-state index in [9.17, 15) is 14.3 Å². The Hall–Kier alpha value is -2.57. The SMILES string of the molecule is O=c1c2ccccc2ncn1CC(O)COCc1ccccc1F. The van der Waals surface area contributed by atoms with Crippen molar-refractivity contribution < 1.29 is 14.2 Å². The van der Waals surface area contributed by atoms with Crippen LogP contribution in [0.25, 0.3) is 10.9 Å². The molecule has 1 heterocycles. The molecule has 0 bridgehead atoms. The first-order chi connectivity index (χ1) is 11.6. The van der Waals surface area contributed by atoms with E-state index in [0.29, 0.717) is 16.5 Å². The van der Waals surface area contributed by atoms with Crippen LogP contribution in [0.4, 0.5) is 4.39 Å². The van der Waals surface area contributed by atoms with E-state index in [0.717, 1.165) is 0 Å². The van der Waals surface area contributed by atoms with Crippen molar-refractivity contribution in [2.75, 3.05) is 6.61 Å². The van der Waals surface area contributed by atoms with E-state index in [1.165, 1.54) is 17.0 Å². The molecule has 0 radical (unpaired) electrons. The Morgan fingerprint density at radius 2 is 1.92 bits per heavy atom. The third kappa shape index (κ3) is 3.67. The van der Waals surface area contributed by atoms with Crippen LogP contribution in [0.2, 0.25) is 0 Å². The largest absolute Gasteiger partial charge is 0.389 e. The van der Waals surface area contributed by atoms with Crippen molar-refractivity contribution in [1.82, 2.24) is 9.55 Å². The van der Waals surface area contributed by atoms with Crippen LogP contribution in [0.15, 0.2) is 59.7 Å². The van der Waals surface area contributed by atoms with Crippen molar-refractivity contribution in [3.05, 3.63) is 76.6 Å². The second kappa shape index (κ2) is 7.33. The van der Waals surface area contributed by atoms with E-state index in [4.69, 9.17) is 4.74 Å². The summed E-state index contributed by atoms with van der Waals surface area (Å²) in [6, 6.07) is 13.3. The molecule has 5 nitrogen and oxygen atoms in total. The molecule has 3 aromatic rings. The summed E-state index contributed by atoms with van der Waals surface area (Å²) in [4.78, 5) is 16.5. The Morgan fingerprint density at radius 3 is 2.75 bits per heavy atom. The van der Waals surface area contributed by atoms with E-state index in [-0.39, 0.29) is 31.1 Å². The molecular weight excluding hydrogens is 311 g/mol. The lowest BCUT2D eigenvalue weighted by atomic mass is 10.2. The van der Waals surface area contributed by atoms with Gasteiger partial charge in [-0.15, -0.1) is 0 Å². The summed E-state index contributed by atoms with van der Waals surface area (Å²) >= 11 is 0. The predicted molar refractivity (Wildman–Crippen MR) is 88.1 cm³/mol. The lowest BCUT2D eigenvalue weighted by Gasteiger charge is -2.13. The number of rotatable bonds is 6. The zero-order valence-corrected chi connectivity index (χ0v) is 12.9. The van der Waals surface area contributed by atoms with Gasteiger partial charge < -0.3 is 9.84 Å². The molecule has 3 rings (SSSR count). The fourth-order valence-electron chi connectivity index (χ4n) is 2.44. The number of aromatic nitrogens is 2. The number of aliphatic hydroxyl groups is 1. The Labute approximate surface area is 138 Å². The summed E-state index contributed by atoms with van der Waals surface area (Å²) in [5, 5.41) is 10.5. The molecule has 0 spiro atoms. The van der Waals surface area contributed by atoms with Crippen molar-refractivity contribution in [1.29, 1.82) is 0 Å². The van der Waals surface area contributed by atoms with E-state index in [1.807, 2.05) is 6.07 Å². The third-order valence-corrected chi connectivity index (χ3v) is 3.66. The molecule has 2 aromatic carbocycles. The number of para-hydroxylation sites is 1. The van der Waals surface area contributed by atoms with Crippen LogP contribution < -0.4 is 5.56 Å². The van der Waals surface area contributed by atoms with Gasteiger partial charge in [0, 0.05) is 5.56 Å². The highest BCUT2D eigenvalue weighted by Gasteiger charge is 2.10. The number of fused-ring (bicyclic) bond motifs is 1. The van der Waals surface area contributed by atoms with Gasteiger partial charge in [0.25, 0.3) is 5.56 Å². The number of nitrogens with zero attached hydrogens (tertiary/aromatic N) is 2. The topological polar surface area (TPSA) is 64.4 Å². The van der Waals surface area contributed by atoms with Crippen molar-refractivity contribution in [2.45, 2.75) is 19.3 Å². The third-order valence-electron chi connectivity index (χ3n) is 3.66. The Balaban J connectivity index is 1.61. The molecule has 24 heavy (non-hydrogen) atoms. The van der Waals surface area contributed by atoms with E-state index >= 15 is 0 Å². The zero-order chi connectivity index (χ0) is 16.9. The average Bonchev–Trinajstić information content (AvgIpc) is 2.59. The molecule has 0 aliphatic heterocycles. The van der Waals surface area contributed by atoms with Crippen molar-refractivity contribution >= 4 is 10.9 Å². The fraction of sp³-hybridized carbons (Fsp3) is 0.222. The van der Waals surface area contributed by atoms with Crippen molar-refractivity contribution in [3.63, 3.8) is 0 Å². The molecule has 0 saturated heterocycles. The molecule has 1 atom stereocenters. The first-order valence-corrected chi connectivity index (χ1v) is 7.58. The standard InChI is InChI=1S/C18H17FN2O3/c19-16-7-3-1-5-13(16)10-24-11-14(22)9-21-12-20-17-8-4-2-6-15(17)18(21)23/h1-8,12,14,22H,9-11H2. The summed E-state index contributed by atoms with van der Waals surface area (Å²) in [5.74, 6) is -0.345. The molecule has 124 valence electrons. The van der Waals surface area contributed by atoms with Crippen LogP contribution in [0.1, 0.15) is 5.56 Å². The van der Waals surface area contributed by atoms with Gasteiger partial charge in [0.15, 0.2) is 0 Å². The summed E-state index contributed by atoms with van der Waals surface area (Å²) in [6.07, 6.45) is 0.516. The molecule has 0 fully saturated rings. The Kier molecular flexibility index (Phi) is 4.98. The quantitative estimate of drug-likeness (QED) is 0.753. The van der Waals surface area contributed by atoms with Crippen LogP contribution in [0.3, 0.4) is 0 Å². The minimum Gasteiger partial charge on any atom is -0.389 e. The van der Waals surface area contributed by atoms with Crippen LogP contribution >= 0.6 is 0 Å². The minimum absolute atomic E-state index is 0.00635. The van der Waals surface area contributed by atoms with E-state index < -0.39 is 6.10 Å². The first-order valence-electron chi connectivity index (χ1n) is 7.58. The summed E-state index contributed by atoms with van der Waals surface area (Å²) in [7, 11) is 0. The molecule has 6 heteroatoms. The monoisotopic (exact) mass is 328 g/mol. The van der Waals surface area contributed by atoms with Crippen LogP contribution in [0, 0.1) is 5.82 Å². The Morgan fingerprint density at radius 1 is 1.17 bits per heavy atom. The van der Waals surface area contributed by atoms with Gasteiger partial charge >= 0.3 is 0 Å². The average molecular weight is 328 g/mol. The second-order valence-electron chi connectivity index (χ2n) is 5.48. The number of halogens is 1. The van der Waals surface area contributed by atoms with Gasteiger partial charge in [0.05, 0.1) is 43.1 Å². The fourth-order valence-corrected chi connectivity index (χ4v) is 2.44. The van der Waals surface area contributed by atoms with Gasteiger partial charge in [-0.25, -0.2) is 9.37 Å². The van der Waals surface area contributed by atoms with Crippen LogP contribution in [-0.2, 0) is 17.9 Å². The van der Waals surface area contributed by atoms with Crippen molar-refractivity contribution in [3.8, 4) is 0 Å². The maximum absolute atomic E-state index is 13.5. The highest BCUT2D eigenvalue weighted by Crippen LogP contribution is 2.08. The number of ether oxygens (including phenoxy) is 1. The predicted octanol–water partition coefficient (Wildman–Crippen LogP) is 2.11. The van der Waals surface area contributed by atoms with Crippen molar-refractivity contribution in [2.24, 2.45) is 0 Å². The summed E-state index contributed by atoms with van der Waals surface area (Å²) in [5.41, 5.74) is 0.826. The number of hydrogen-bond acceptors (Lipinski definition) is 4. The lowest BCUT2D eigenvalue weighted by Crippen LogP contribution is -2.29. The summed E-state index contributed by atoms with van der Waals surface area (Å²) < 4.78 is 20.1. The van der Waals surface area contributed by atoms with Gasteiger partial charge in [0.1, 0.15) is 5.82 Å². The van der Waals surface area contributed by atoms with Gasteiger partial charge in [-0.2, -0.15) is 0 Å². The molecule has 0 amide bonds. The number of benzene rings is 2. The second-order valence-corrected chi connectivity index (χ2v) is 5.48. The van der Waals surface area contributed by atoms with Crippen LogP contribution in [0.5, 0.6) is 0 Å². The highest BCUT2D eigenvalue weighted by molar-refractivity contribution is 5.76. The molecule has 0 aliphatic carbocycles. The van der Waals surface area contributed by atoms with Gasteiger partial charge in [-0.05, 0) is 18.2 Å².